The Morgan fingerprint density at radius 1 is 1.41 bits per heavy atom. The summed E-state index contributed by atoms with van der Waals surface area (Å²) in [5, 5.41) is 3.25. The molecule has 0 aromatic heterocycles. The number of anilines is 1. The van der Waals surface area contributed by atoms with Crippen LogP contribution in [0.5, 0.6) is 5.75 Å². The molecule has 0 saturated carbocycles. The average Bonchev–Trinajstić information content (AvgIpc) is 2.33. The number of nitrogens with one attached hydrogen (secondary N) is 1. The second-order valence-electron chi connectivity index (χ2n) is 4.19. The van der Waals surface area contributed by atoms with Crippen LogP contribution in [0.15, 0.2) is 12.1 Å². The number of ether oxygens (including phenoxy) is 1. The van der Waals surface area contributed by atoms with Gasteiger partial charge in [-0.15, -0.1) is 0 Å². The SMILES string of the molecule is COc1cc(N2CCNC[C@H]2C)cc(F)c1F. The van der Waals surface area contributed by atoms with Crippen molar-refractivity contribution in [2.75, 3.05) is 31.6 Å². The summed E-state index contributed by atoms with van der Waals surface area (Å²) in [7, 11) is 1.34. The second-order valence-corrected chi connectivity index (χ2v) is 4.19. The molecule has 0 unspecified atom stereocenters. The lowest BCUT2D eigenvalue weighted by Crippen LogP contribution is -2.50. The van der Waals surface area contributed by atoms with Crippen molar-refractivity contribution in [1.29, 1.82) is 0 Å². The Morgan fingerprint density at radius 2 is 2.18 bits per heavy atom. The molecular weight excluding hydrogens is 226 g/mol. The van der Waals surface area contributed by atoms with Crippen molar-refractivity contribution in [3.63, 3.8) is 0 Å². The molecule has 1 saturated heterocycles. The molecule has 0 spiro atoms. The molecule has 1 N–H and O–H groups in total. The van der Waals surface area contributed by atoms with Crippen molar-refractivity contribution in [2.45, 2.75) is 13.0 Å². The van der Waals surface area contributed by atoms with E-state index in [1.807, 2.05) is 11.8 Å². The summed E-state index contributed by atoms with van der Waals surface area (Å²) in [6, 6.07) is 3.01. The monoisotopic (exact) mass is 242 g/mol. The van der Waals surface area contributed by atoms with Crippen LogP contribution in [0.3, 0.4) is 0 Å². The number of hydrogen-bond acceptors (Lipinski definition) is 3. The number of hydrogen-bond donors (Lipinski definition) is 1. The van der Waals surface area contributed by atoms with E-state index in [1.165, 1.54) is 13.2 Å². The van der Waals surface area contributed by atoms with Gasteiger partial charge in [0.2, 0.25) is 5.82 Å². The number of methoxy groups -OCH3 is 1. The van der Waals surface area contributed by atoms with Crippen LogP contribution in [-0.2, 0) is 0 Å². The zero-order valence-corrected chi connectivity index (χ0v) is 9.96. The highest BCUT2D eigenvalue weighted by atomic mass is 19.2. The molecule has 94 valence electrons. The van der Waals surface area contributed by atoms with Crippen molar-refractivity contribution in [2.24, 2.45) is 0 Å². The first-order valence-corrected chi connectivity index (χ1v) is 5.64. The first kappa shape index (κ1) is 12.1. The molecule has 1 fully saturated rings. The van der Waals surface area contributed by atoms with Gasteiger partial charge in [0.05, 0.1) is 7.11 Å². The summed E-state index contributed by atoms with van der Waals surface area (Å²) >= 11 is 0. The molecule has 17 heavy (non-hydrogen) atoms. The van der Waals surface area contributed by atoms with Gasteiger partial charge in [-0.3, -0.25) is 0 Å². The fourth-order valence-electron chi connectivity index (χ4n) is 2.09. The Kier molecular flexibility index (Phi) is 3.47. The molecule has 2 rings (SSSR count). The van der Waals surface area contributed by atoms with Crippen molar-refractivity contribution >= 4 is 5.69 Å². The molecule has 0 bridgehead atoms. The van der Waals surface area contributed by atoms with E-state index in [4.69, 9.17) is 4.74 Å². The minimum Gasteiger partial charge on any atom is -0.493 e. The standard InChI is InChI=1S/C12H16F2N2O/c1-8-7-15-3-4-16(8)9-5-10(13)12(14)11(6-9)17-2/h5-6,8,15H,3-4,7H2,1-2H3/t8-/m1/s1. The molecule has 0 radical (unpaired) electrons. The molecule has 1 aliphatic rings. The fourth-order valence-corrected chi connectivity index (χ4v) is 2.09. The smallest absolute Gasteiger partial charge is 0.200 e. The van der Waals surface area contributed by atoms with Gasteiger partial charge >= 0.3 is 0 Å². The zero-order chi connectivity index (χ0) is 12.4. The van der Waals surface area contributed by atoms with E-state index in [-0.39, 0.29) is 11.8 Å². The molecule has 1 aliphatic heterocycles. The first-order valence-electron chi connectivity index (χ1n) is 5.64. The minimum absolute atomic E-state index is 0.0502. The Bertz CT molecular complexity index is 412. The lowest BCUT2D eigenvalue weighted by molar-refractivity contribution is 0.371. The third-order valence-corrected chi connectivity index (χ3v) is 3.03. The number of benzene rings is 1. The van der Waals surface area contributed by atoms with Gasteiger partial charge in [-0.2, -0.15) is 4.39 Å². The Balaban J connectivity index is 2.34. The summed E-state index contributed by atoms with van der Waals surface area (Å²) in [5.41, 5.74) is 0.662. The molecule has 0 aliphatic carbocycles. The topological polar surface area (TPSA) is 24.5 Å². The first-order chi connectivity index (χ1) is 8.13. The summed E-state index contributed by atoms with van der Waals surface area (Å²) < 4.78 is 31.6. The molecule has 1 heterocycles. The Hall–Kier alpha value is -1.36. The average molecular weight is 242 g/mol. The van der Waals surface area contributed by atoms with E-state index in [1.54, 1.807) is 6.07 Å². The predicted octanol–water partition coefficient (Wildman–Crippen LogP) is 1.77. The van der Waals surface area contributed by atoms with Gasteiger partial charge in [0.25, 0.3) is 0 Å². The fraction of sp³-hybridized carbons (Fsp3) is 0.500. The Labute approximate surface area is 99.4 Å². The van der Waals surface area contributed by atoms with E-state index < -0.39 is 11.6 Å². The molecule has 1 atom stereocenters. The number of nitrogens with zero attached hydrogens (tertiary/aromatic N) is 1. The zero-order valence-electron chi connectivity index (χ0n) is 9.96. The van der Waals surface area contributed by atoms with Gasteiger partial charge in [-0.05, 0) is 6.92 Å². The van der Waals surface area contributed by atoms with E-state index in [2.05, 4.69) is 5.32 Å². The maximum absolute atomic E-state index is 13.4. The lowest BCUT2D eigenvalue weighted by Gasteiger charge is -2.36. The van der Waals surface area contributed by atoms with Crippen LogP contribution >= 0.6 is 0 Å². The van der Waals surface area contributed by atoms with Gasteiger partial charge in [-0.25, -0.2) is 4.39 Å². The molecule has 0 amide bonds. The molecule has 1 aromatic rings. The van der Waals surface area contributed by atoms with Gasteiger partial charge in [0.1, 0.15) is 0 Å². The molecular formula is C12H16F2N2O. The van der Waals surface area contributed by atoms with Crippen molar-refractivity contribution in [3.8, 4) is 5.75 Å². The van der Waals surface area contributed by atoms with Crippen LogP contribution < -0.4 is 15.0 Å². The van der Waals surface area contributed by atoms with Crippen LogP contribution in [-0.4, -0.2) is 32.8 Å². The van der Waals surface area contributed by atoms with Gasteiger partial charge in [0.15, 0.2) is 11.6 Å². The van der Waals surface area contributed by atoms with Crippen molar-refractivity contribution < 1.29 is 13.5 Å². The van der Waals surface area contributed by atoms with Crippen LogP contribution in [0.1, 0.15) is 6.92 Å². The highest BCUT2D eigenvalue weighted by Gasteiger charge is 2.21. The highest BCUT2D eigenvalue weighted by Crippen LogP contribution is 2.28. The number of rotatable bonds is 2. The largest absolute Gasteiger partial charge is 0.493 e. The molecule has 5 heteroatoms. The lowest BCUT2D eigenvalue weighted by atomic mass is 10.1. The van der Waals surface area contributed by atoms with E-state index >= 15 is 0 Å². The van der Waals surface area contributed by atoms with E-state index in [9.17, 15) is 8.78 Å². The van der Waals surface area contributed by atoms with Crippen molar-refractivity contribution in [3.05, 3.63) is 23.8 Å². The maximum Gasteiger partial charge on any atom is 0.200 e. The van der Waals surface area contributed by atoms with Crippen LogP contribution in [0, 0.1) is 11.6 Å². The Morgan fingerprint density at radius 3 is 2.82 bits per heavy atom. The summed E-state index contributed by atoms with van der Waals surface area (Å²) in [6.07, 6.45) is 0. The van der Waals surface area contributed by atoms with Crippen molar-refractivity contribution in [1.82, 2.24) is 5.32 Å². The van der Waals surface area contributed by atoms with Gasteiger partial charge in [-0.1, -0.05) is 0 Å². The minimum atomic E-state index is -0.931. The van der Waals surface area contributed by atoms with Crippen LogP contribution in [0.2, 0.25) is 0 Å². The number of halogens is 2. The molecule has 3 nitrogen and oxygen atoms in total. The second kappa shape index (κ2) is 4.87. The van der Waals surface area contributed by atoms with E-state index in [0.29, 0.717) is 5.69 Å². The van der Waals surface area contributed by atoms with E-state index in [0.717, 1.165) is 19.6 Å². The summed E-state index contributed by atoms with van der Waals surface area (Å²) in [5.74, 6) is -1.85. The summed E-state index contributed by atoms with van der Waals surface area (Å²) in [6.45, 7) is 4.49. The maximum atomic E-state index is 13.4. The highest BCUT2D eigenvalue weighted by molar-refractivity contribution is 5.53. The normalized spacial score (nSPS) is 20.5. The quantitative estimate of drug-likeness (QED) is 0.855. The van der Waals surface area contributed by atoms with Crippen LogP contribution in [0.25, 0.3) is 0 Å². The van der Waals surface area contributed by atoms with Crippen LogP contribution in [0.4, 0.5) is 14.5 Å². The third-order valence-electron chi connectivity index (χ3n) is 3.03. The third kappa shape index (κ3) is 2.34. The summed E-state index contributed by atoms with van der Waals surface area (Å²) in [4.78, 5) is 2.04. The van der Waals surface area contributed by atoms with Gasteiger partial charge in [0, 0.05) is 43.5 Å². The van der Waals surface area contributed by atoms with Gasteiger partial charge < -0.3 is 15.0 Å². The predicted molar refractivity (Wildman–Crippen MR) is 62.6 cm³/mol. The number of piperazine rings is 1. The molecule has 1 aromatic carbocycles.